The Morgan fingerprint density at radius 3 is 2.03 bits per heavy atom. The summed E-state index contributed by atoms with van der Waals surface area (Å²) in [6.07, 6.45) is 1.64. The molecule has 4 amide bonds. The first kappa shape index (κ1) is 29.2. The van der Waals surface area contributed by atoms with Crippen molar-refractivity contribution in [3.8, 4) is 0 Å². The van der Waals surface area contributed by atoms with Gasteiger partial charge in [-0.3, -0.25) is 24.0 Å². The number of carbonyl (C=O) groups is 5. The maximum atomic E-state index is 12.8. The van der Waals surface area contributed by atoms with Crippen LogP contribution in [0.2, 0.25) is 0 Å². The van der Waals surface area contributed by atoms with Gasteiger partial charge in [-0.05, 0) is 38.1 Å². The minimum atomic E-state index is -1.23. The summed E-state index contributed by atoms with van der Waals surface area (Å²) in [5.41, 5.74) is 11.0. The van der Waals surface area contributed by atoms with E-state index in [1.165, 1.54) is 0 Å². The summed E-state index contributed by atoms with van der Waals surface area (Å²) in [5.74, 6) is -3.85. The van der Waals surface area contributed by atoms with Crippen LogP contribution >= 0.6 is 0 Å². The first-order chi connectivity index (χ1) is 15.0. The minimum absolute atomic E-state index is 0.0267. The molecular weight excluding hydrogens is 424 g/mol. The van der Waals surface area contributed by atoms with E-state index in [1.807, 2.05) is 13.8 Å². The van der Waals surface area contributed by atoms with Gasteiger partial charge in [0.2, 0.25) is 23.6 Å². The summed E-state index contributed by atoms with van der Waals surface area (Å²) < 4.78 is 0. The van der Waals surface area contributed by atoms with Gasteiger partial charge in [0.15, 0.2) is 0 Å². The maximum absolute atomic E-state index is 12.8. The maximum Gasteiger partial charge on any atom is 0.322 e. The highest BCUT2D eigenvalue weighted by atomic mass is 16.4. The fourth-order valence-corrected chi connectivity index (χ4v) is 2.63. The number of aliphatic hydroxyl groups is 1. The summed E-state index contributed by atoms with van der Waals surface area (Å²) in [6.45, 7) is 2.45. The van der Waals surface area contributed by atoms with E-state index in [-0.39, 0.29) is 18.8 Å². The first-order valence-corrected chi connectivity index (χ1v) is 10.4. The van der Waals surface area contributed by atoms with Gasteiger partial charge < -0.3 is 42.9 Å². The van der Waals surface area contributed by atoms with Crippen LogP contribution < -0.4 is 32.7 Å². The molecule has 0 aliphatic heterocycles. The first-order valence-electron chi connectivity index (χ1n) is 10.4. The molecule has 184 valence electrons. The molecule has 0 spiro atoms. The van der Waals surface area contributed by atoms with Crippen LogP contribution in [0.1, 0.15) is 39.5 Å². The quantitative estimate of drug-likeness (QED) is 0.108. The predicted molar refractivity (Wildman–Crippen MR) is 115 cm³/mol. The number of nitrogens with two attached hydrogens (primary N) is 2. The Labute approximate surface area is 187 Å². The minimum Gasteiger partial charge on any atom is -0.480 e. The third kappa shape index (κ3) is 12.8. The lowest BCUT2D eigenvalue weighted by molar-refractivity contribution is -0.138. The molecule has 0 aromatic carbocycles. The zero-order valence-corrected chi connectivity index (χ0v) is 18.6. The van der Waals surface area contributed by atoms with Gasteiger partial charge in [0.25, 0.3) is 0 Å². The van der Waals surface area contributed by atoms with E-state index in [0.29, 0.717) is 19.4 Å². The van der Waals surface area contributed by atoms with Crippen molar-refractivity contribution in [2.75, 3.05) is 26.2 Å². The summed E-state index contributed by atoms with van der Waals surface area (Å²) >= 11 is 0. The van der Waals surface area contributed by atoms with Crippen molar-refractivity contribution in [1.29, 1.82) is 0 Å². The topological polar surface area (TPSA) is 226 Å². The molecule has 0 heterocycles. The van der Waals surface area contributed by atoms with Gasteiger partial charge in [-0.2, -0.15) is 0 Å². The van der Waals surface area contributed by atoms with Crippen LogP contribution in [0, 0.1) is 5.92 Å². The number of hydrogen-bond donors (Lipinski definition) is 8. The highest BCUT2D eigenvalue weighted by molar-refractivity contribution is 5.94. The summed E-state index contributed by atoms with van der Waals surface area (Å²) in [4.78, 5) is 59.5. The van der Waals surface area contributed by atoms with Crippen molar-refractivity contribution in [2.45, 2.75) is 57.7 Å². The smallest absolute Gasteiger partial charge is 0.322 e. The van der Waals surface area contributed by atoms with Crippen LogP contribution in [-0.2, 0) is 24.0 Å². The zero-order chi connectivity index (χ0) is 24.7. The number of carbonyl (C=O) groups excluding carboxylic acids is 4. The molecule has 0 saturated carbocycles. The Hall–Kier alpha value is -2.77. The fraction of sp³-hybridized carbons (Fsp3) is 0.737. The molecule has 0 bridgehead atoms. The number of aliphatic carboxylic acids is 1. The van der Waals surface area contributed by atoms with Crippen molar-refractivity contribution in [2.24, 2.45) is 17.4 Å². The van der Waals surface area contributed by atoms with Crippen LogP contribution in [-0.4, -0.2) is 84.2 Å². The molecule has 0 radical (unpaired) electrons. The van der Waals surface area contributed by atoms with Crippen LogP contribution in [0.25, 0.3) is 0 Å². The van der Waals surface area contributed by atoms with E-state index in [0.717, 1.165) is 0 Å². The lowest BCUT2D eigenvalue weighted by Gasteiger charge is -2.25. The Morgan fingerprint density at radius 2 is 1.50 bits per heavy atom. The number of rotatable bonds is 16. The second kappa shape index (κ2) is 15.9. The molecule has 0 aromatic rings. The number of unbranched alkanes of at least 4 members (excludes halogenated alkanes) is 1. The molecule has 0 fully saturated rings. The van der Waals surface area contributed by atoms with Crippen molar-refractivity contribution < 1.29 is 34.2 Å². The highest BCUT2D eigenvalue weighted by Gasteiger charge is 2.28. The Bertz CT molecular complexity index is 644. The third-order valence-electron chi connectivity index (χ3n) is 4.31. The molecule has 0 aromatic heterocycles. The molecule has 0 aliphatic carbocycles. The second-order valence-electron chi connectivity index (χ2n) is 7.71. The largest absolute Gasteiger partial charge is 0.480 e. The molecule has 0 unspecified atom stereocenters. The number of carboxylic acid groups (broad SMARTS) is 1. The Balaban J connectivity index is 5.16. The van der Waals surface area contributed by atoms with E-state index in [2.05, 4.69) is 21.3 Å². The number of aliphatic hydroxyl groups excluding tert-OH is 1. The molecule has 0 saturated heterocycles. The van der Waals surface area contributed by atoms with Crippen LogP contribution in [0.5, 0.6) is 0 Å². The SMILES string of the molecule is CC(C)C[C@@H](NC(=O)[C@@H](N)CO)C(=O)N[C@@H](CCCCN)C(=O)NCC(=O)NCC(=O)O. The number of hydrogen-bond acceptors (Lipinski definition) is 8. The summed E-state index contributed by atoms with van der Waals surface area (Å²) in [7, 11) is 0. The van der Waals surface area contributed by atoms with E-state index < -0.39 is 67.4 Å². The van der Waals surface area contributed by atoms with Gasteiger partial charge in [0, 0.05) is 0 Å². The third-order valence-corrected chi connectivity index (χ3v) is 4.31. The van der Waals surface area contributed by atoms with Crippen LogP contribution in [0.15, 0.2) is 0 Å². The van der Waals surface area contributed by atoms with Crippen molar-refractivity contribution in [3.05, 3.63) is 0 Å². The van der Waals surface area contributed by atoms with Crippen LogP contribution in [0.4, 0.5) is 0 Å². The predicted octanol–water partition coefficient (Wildman–Crippen LogP) is -3.23. The lowest BCUT2D eigenvalue weighted by atomic mass is 10.0. The second-order valence-corrected chi connectivity index (χ2v) is 7.71. The number of amides is 4. The van der Waals surface area contributed by atoms with E-state index in [1.54, 1.807) is 0 Å². The fourth-order valence-electron chi connectivity index (χ4n) is 2.63. The summed E-state index contributed by atoms with van der Waals surface area (Å²) in [6, 6.07) is -3.17. The average molecular weight is 461 g/mol. The molecule has 0 rings (SSSR count). The lowest BCUT2D eigenvalue weighted by Crippen LogP contribution is -2.57. The highest BCUT2D eigenvalue weighted by Crippen LogP contribution is 2.08. The normalized spacial score (nSPS) is 13.6. The van der Waals surface area contributed by atoms with Crippen molar-refractivity contribution in [1.82, 2.24) is 21.3 Å². The van der Waals surface area contributed by atoms with E-state index in [4.69, 9.17) is 21.7 Å². The molecule has 10 N–H and O–H groups in total. The zero-order valence-electron chi connectivity index (χ0n) is 18.6. The van der Waals surface area contributed by atoms with E-state index >= 15 is 0 Å². The van der Waals surface area contributed by atoms with Gasteiger partial charge in [-0.25, -0.2) is 0 Å². The summed E-state index contributed by atoms with van der Waals surface area (Å²) in [5, 5.41) is 27.1. The Kier molecular flexibility index (Phi) is 14.6. The van der Waals surface area contributed by atoms with Gasteiger partial charge in [0.1, 0.15) is 24.7 Å². The average Bonchev–Trinajstić information content (AvgIpc) is 2.73. The molecule has 32 heavy (non-hydrogen) atoms. The molecule has 13 heteroatoms. The molecule has 13 nitrogen and oxygen atoms in total. The molecular formula is C19H36N6O7. The van der Waals surface area contributed by atoms with E-state index in [9.17, 15) is 24.0 Å². The molecule has 0 aliphatic rings. The van der Waals surface area contributed by atoms with Crippen molar-refractivity contribution >= 4 is 29.6 Å². The van der Waals surface area contributed by atoms with Gasteiger partial charge in [-0.1, -0.05) is 13.8 Å². The van der Waals surface area contributed by atoms with Crippen molar-refractivity contribution in [3.63, 3.8) is 0 Å². The van der Waals surface area contributed by atoms with Gasteiger partial charge in [0.05, 0.1) is 13.2 Å². The number of nitrogens with one attached hydrogen (secondary N) is 4. The monoisotopic (exact) mass is 460 g/mol. The number of carboxylic acids is 1. The van der Waals surface area contributed by atoms with Gasteiger partial charge in [-0.15, -0.1) is 0 Å². The Morgan fingerprint density at radius 1 is 0.875 bits per heavy atom. The van der Waals surface area contributed by atoms with Crippen LogP contribution in [0.3, 0.4) is 0 Å². The molecule has 3 atom stereocenters. The van der Waals surface area contributed by atoms with Gasteiger partial charge >= 0.3 is 5.97 Å². The standard InChI is InChI=1S/C19H36N6O7/c1-11(2)7-14(25-17(30)12(21)10-26)19(32)24-13(5-3-4-6-20)18(31)23-8-15(27)22-9-16(28)29/h11-14,26H,3-10,20-21H2,1-2H3,(H,22,27)(H,23,31)(H,24,32)(H,25,30)(H,28,29)/t12-,13-,14+/m0/s1.